The van der Waals surface area contributed by atoms with Gasteiger partial charge in [-0.2, -0.15) is 5.10 Å². The quantitative estimate of drug-likeness (QED) is 0.430. The van der Waals surface area contributed by atoms with Crippen LogP contribution in [0.15, 0.2) is 71.8 Å². The molecule has 2 aliphatic heterocycles. The lowest BCUT2D eigenvalue weighted by Gasteiger charge is -2.36. The summed E-state index contributed by atoms with van der Waals surface area (Å²) in [6, 6.07) is 19.7. The van der Waals surface area contributed by atoms with Crippen molar-refractivity contribution in [1.29, 1.82) is 0 Å². The van der Waals surface area contributed by atoms with Gasteiger partial charge in [-0.25, -0.2) is 9.40 Å². The minimum Gasteiger partial charge on any atom is -0.497 e. The van der Waals surface area contributed by atoms with Crippen molar-refractivity contribution in [2.45, 2.75) is 12.5 Å². The molecule has 5 rings (SSSR count). The van der Waals surface area contributed by atoms with Crippen molar-refractivity contribution in [3.63, 3.8) is 0 Å². The van der Waals surface area contributed by atoms with Crippen LogP contribution in [0.5, 0.6) is 17.2 Å². The number of hydrogen-bond donors (Lipinski definition) is 0. The van der Waals surface area contributed by atoms with E-state index < -0.39 is 0 Å². The van der Waals surface area contributed by atoms with Gasteiger partial charge in [0.1, 0.15) is 23.1 Å². The molecule has 2 aliphatic rings. The molecule has 204 valence electrons. The number of anilines is 1. The normalized spacial score (nSPS) is 17.6. The molecule has 9 heteroatoms. The molecular weight excluding hydrogens is 499 g/mol. The molecule has 0 aromatic heterocycles. The molecule has 0 saturated carbocycles. The fraction of sp³-hybridized carbons (Fsp3) is 0.333. The summed E-state index contributed by atoms with van der Waals surface area (Å²) in [5.74, 6) is 1.73. The molecule has 1 amide bonds. The summed E-state index contributed by atoms with van der Waals surface area (Å²) in [5, 5.41) is 6.40. The van der Waals surface area contributed by atoms with E-state index in [1.807, 2.05) is 53.4 Å². The third kappa shape index (κ3) is 5.68. The molecule has 0 bridgehead atoms. The number of benzene rings is 3. The summed E-state index contributed by atoms with van der Waals surface area (Å²) in [5.41, 5.74) is 3.12. The van der Waals surface area contributed by atoms with Gasteiger partial charge < -0.3 is 19.1 Å². The number of nitrogens with zero attached hydrogens (tertiary/aromatic N) is 4. The highest BCUT2D eigenvalue weighted by Crippen LogP contribution is 2.39. The van der Waals surface area contributed by atoms with Crippen molar-refractivity contribution in [2.75, 3.05) is 59.0 Å². The van der Waals surface area contributed by atoms with Gasteiger partial charge in [0.25, 0.3) is 5.91 Å². The monoisotopic (exact) mass is 532 g/mol. The summed E-state index contributed by atoms with van der Waals surface area (Å²) >= 11 is 0. The van der Waals surface area contributed by atoms with Gasteiger partial charge in [-0.05, 0) is 42.5 Å². The van der Waals surface area contributed by atoms with Gasteiger partial charge in [-0.15, -0.1) is 0 Å². The topological polar surface area (TPSA) is 66.8 Å². The maximum absolute atomic E-state index is 14.3. The summed E-state index contributed by atoms with van der Waals surface area (Å²) in [6.45, 7) is 2.78. The van der Waals surface area contributed by atoms with Crippen molar-refractivity contribution < 1.29 is 23.4 Å². The van der Waals surface area contributed by atoms with E-state index in [2.05, 4.69) is 4.90 Å². The largest absolute Gasteiger partial charge is 0.497 e. The second-order valence-electron chi connectivity index (χ2n) is 9.56. The smallest absolute Gasteiger partial charge is 0.257 e. The van der Waals surface area contributed by atoms with Crippen LogP contribution >= 0.6 is 0 Å². The number of hydrazone groups is 1. The molecule has 1 fully saturated rings. The van der Waals surface area contributed by atoms with Gasteiger partial charge in [0, 0.05) is 43.7 Å². The Bertz CT molecular complexity index is 1360. The summed E-state index contributed by atoms with van der Waals surface area (Å²) in [4.78, 5) is 17.9. The number of carbonyl (C=O) groups excluding carboxylic acids is 1. The fourth-order valence-corrected chi connectivity index (χ4v) is 5.18. The second kappa shape index (κ2) is 11.7. The number of carbonyl (C=O) groups is 1. The predicted octanol–water partition coefficient (Wildman–Crippen LogP) is 4.35. The number of halogens is 1. The lowest BCUT2D eigenvalue weighted by Crippen LogP contribution is -2.49. The first kappa shape index (κ1) is 26.5. The third-order valence-corrected chi connectivity index (χ3v) is 7.29. The molecule has 3 aromatic rings. The lowest BCUT2D eigenvalue weighted by atomic mass is 9.97. The summed E-state index contributed by atoms with van der Waals surface area (Å²) in [6.07, 6.45) is 0.517. The maximum Gasteiger partial charge on any atom is 0.257 e. The third-order valence-electron chi connectivity index (χ3n) is 7.29. The van der Waals surface area contributed by atoms with E-state index in [0.29, 0.717) is 49.8 Å². The Morgan fingerprint density at radius 1 is 0.897 bits per heavy atom. The average Bonchev–Trinajstić information content (AvgIpc) is 3.43. The summed E-state index contributed by atoms with van der Waals surface area (Å²) < 4.78 is 30.8. The van der Waals surface area contributed by atoms with Gasteiger partial charge in [0.15, 0.2) is 0 Å². The Morgan fingerprint density at radius 3 is 2.36 bits per heavy atom. The minimum absolute atomic E-state index is 0.109. The van der Waals surface area contributed by atoms with Gasteiger partial charge in [-0.1, -0.05) is 24.3 Å². The number of ether oxygens (including phenoxy) is 3. The van der Waals surface area contributed by atoms with Crippen LogP contribution < -0.4 is 19.1 Å². The van der Waals surface area contributed by atoms with Crippen LogP contribution in [0.4, 0.5) is 10.1 Å². The van der Waals surface area contributed by atoms with Crippen LogP contribution in [0.1, 0.15) is 23.6 Å². The second-order valence-corrected chi connectivity index (χ2v) is 9.56. The van der Waals surface area contributed by atoms with Crippen molar-refractivity contribution in [1.82, 2.24) is 9.91 Å². The van der Waals surface area contributed by atoms with E-state index in [1.165, 1.54) is 6.07 Å². The van der Waals surface area contributed by atoms with Gasteiger partial charge in [0.2, 0.25) is 0 Å². The molecule has 1 unspecified atom stereocenters. The standard InChI is InChI=1S/C30H33FN4O4/c1-37-22-8-6-7-21(17-22)26-19-28(24-18-23(38-2)11-12-29(24)39-3)35(32-26)30(36)20-33-13-15-34(16-14-33)27-10-5-4-9-25(27)31/h4-12,17-18,28H,13-16,19-20H2,1-3H3. The Hall–Kier alpha value is -4.11. The number of hydrogen-bond acceptors (Lipinski definition) is 7. The number of methoxy groups -OCH3 is 3. The minimum atomic E-state index is -0.358. The van der Waals surface area contributed by atoms with Crippen LogP contribution in [-0.2, 0) is 4.79 Å². The van der Waals surface area contributed by atoms with Gasteiger partial charge in [-0.3, -0.25) is 9.69 Å². The predicted molar refractivity (Wildman–Crippen MR) is 148 cm³/mol. The molecule has 3 aromatic carbocycles. The van der Waals surface area contributed by atoms with Crippen LogP contribution in [0.25, 0.3) is 0 Å². The first-order chi connectivity index (χ1) is 19.0. The number of amides is 1. The molecule has 0 radical (unpaired) electrons. The zero-order valence-electron chi connectivity index (χ0n) is 22.5. The average molecular weight is 533 g/mol. The lowest BCUT2D eigenvalue weighted by molar-refractivity contribution is -0.134. The van der Waals surface area contributed by atoms with Crippen molar-refractivity contribution in [2.24, 2.45) is 5.10 Å². The summed E-state index contributed by atoms with van der Waals surface area (Å²) in [7, 11) is 4.86. The highest BCUT2D eigenvalue weighted by atomic mass is 19.1. The maximum atomic E-state index is 14.3. The highest BCUT2D eigenvalue weighted by molar-refractivity contribution is 6.03. The first-order valence-electron chi connectivity index (χ1n) is 13.0. The molecule has 1 atom stereocenters. The zero-order chi connectivity index (χ0) is 27.4. The van der Waals surface area contributed by atoms with Crippen LogP contribution in [0.2, 0.25) is 0 Å². The van der Waals surface area contributed by atoms with E-state index in [-0.39, 0.29) is 24.3 Å². The molecular formula is C30H33FN4O4. The SMILES string of the molecule is COc1cccc(C2=NN(C(=O)CN3CCN(c4ccccc4F)CC3)C(c3cc(OC)ccc3OC)C2)c1. The molecule has 39 heavy (non-hydrogen) atoms. The Labute approximate surface area is 228 Å². The van der Waals surface area contributed by atoms with Crippen molar-refractivity contribution in [3.05, 3.63) is 83.7 Å². The molecule has 8 nitrogen and oxygen atoms in total. The van der Waals surface area contributed by atoms with Crippen molar-refractivity contribution >= 4 is 17.3 Å². The molecule has 0 aliphatic carbocycles. The van der Waals surface area contributed by atoms with Crippen LogP contribution in [0, 0.1) is 5.82 Å². The van der Waals surface area contributed by atoms with E-state index in [9.17, 15) is 9.18 Å². The van der Waals surface area contributed by atoms with E-state index in [4.69, 9.17) is 19.3 Å². The molecule has 2 heterocycles. The van der Waals surface area contributed by atoms with E-state index in [0.717, 1.165) is 22.6 Å². The highest BCUT2D eigenvalue weighted by Gasteiger charge is 2.36. The fourth-order valence-electron chi connectivity index (χ4n) is 5.18. The van der Waals surface area contributed by atoms with Crippen molar-refractivity contribution in [3.8, 4) is 17.2 Å². The molecule has 1 saturated heterocycles. The first-order valence-corrected chi connectivity index (χ1v) is 13.0. The molecule has 0 N–H and O–H groups in total. The number of piperazine rings is 1. The Balaban J connectivity index is 1.38. The number of para-hydroxylation sites is 1. The Morgan fingerprint density at radius 2 is 1.64 bits per heavy atom. The van der Waals surface area contributed by atoms with E-state index in [1.54, 1.807) is 38.5 Å². The van der Waals surface area contributed by atoms with Gasteiger partial charge >= 0.3 is 0 Å². The Kier molecular flexibility index (Phi) is 7.97. The van der Waals surface area contributed by atoms with E-state index >= 15 is 0 Å². The van der Waals surface area contributed by atoms with Crippen LogP contribution in [-0.4, -0.2) is 75.6 Å². The van der Waals surface area contributed by atoms with Gasteiger partial charge in [0.05, 0.1) is 45.3 Å². The number of rotatable bonds is 8. The molecule has 0 spiro atoms. The zero-order valence-corrected chi connectivity index (χ0v) is 22.5. The van der Waals surface area contributed by atoms with Crippen LogP contribution in [0.3, 0.4) is 0 Å².